The number of carbonyl (C=O) groups excluding carboxylic acids is 1. The molecule has 0 aromatic heterocycles. The van der Waals surface area contributed by atoms with Gasteiger partial charge in [-0.2, -0.15) is 4.31 Å². The lowest BCUT2D eigenvalue weighted by atomic mass is 10.4. The molecule has 0 aliphatic rings. The number of nitrogens with zero attached hydrogens (tertiary/aromatic N) is 2. The minimum absolute atomic E-state index is 0.121. The quantitative estimate of drug-likeness (QED) is 0.663. The van der Waals surface area contributed by atoms with Crippen molar-refractivity contribution >= 4 is 15.9 Å². The summed E-state index contributed by atoms with van der Waals surface area (Å²) in [4.78, 5) is 13.5. The molecule has 1 amide bonds. The number of nitrogens with one attached hydrogen (secondary N) is 1. The van der Waals surface area contributed by atoms with Crippen LogP contribution in [0, 0.1) is 0 Å². The first-order valence-electron chi connectivity index (χ1n) is 5.53. The Morgan fingerprint density at radius 1 is 1.29 bits per heavy atom. The number of hydrogen-bond acceptors (Lipinski definition) is 4. The summed E-state index contributed by atoms with van der Waals surface area (Å²) in [6, 6.07) is -0.218. The first-order chi connectivity index (χ1) is 7.64. The number of rotatable bonds is 7. The van der Waals surface area contributed by atoms with Crippen molar-refractivity contribution in [1.82, 2.24) is 14.5 Å². The van der Waals surface area contributed by atoms with Gasteiger partial charge in [-0.15, -0.1) is 0 Å². The molecule has 6 nitrogen and oxygen atoms in total. The Balaban J connectivity index is 4.25. The van der Waals surface area contributed by atoms with Gasteiger partial charge < -0.3 is 10.2 Å². The van der Waals surface area contributed by atoms with E-state index in [0.717, 1.165) is 12.8 Å². The Morgan fingerprint density at radius 3 is 2.18 bits per heavy atom. The molecule has 0 unspecified atom stereocenters. The molecule has 0 aliphatic heterocycles. The summed E-state index contributed by atoms with van der Waals surface area (Å²) in [6.07, 6.45) is 1.11. The summed E-state index contributed by atoms with van der Waals surface area (Å²) in [5, 5.41) is 2.68. The van der Waals surface area contributed by atoms with Crippen LogP contribution in [-0.2, 0) is 14.8 Å². The maximum atomic E-state index is 11.6. The minimum Gasteiger partial charge on any atom is -0.354 e. The van der Waals surface area contributed by atoms with Crippen LogP contribution in [0.25, 0.3) is 0 Å². The molecule has 0 fully saturated rings. The van der Waals surface area contributed by atoms with Crippen molar-refractivity contribution in [2.24, 2.45) is 0 Å². The van der Waals surface area contributed by atoms with E-state index in [4.69, 9.17) is 0 Å². The zero-order chi connectivity index (χ0) is 13.6. The highest BCUT2D eigenvalue weighted by Gasteiger charge is 2.22. The van der Waals surface area contributed by atoms with E-state index in [1.807, 2.05) is 19.0 Å². The van der Waals surface area contributed by atoms with Gasteiger partial charge in [-0.1, -0.05) is 0 Å². The van der Waals surface area contributed by atoms with E-state index >= 15 is 0 Å². The fraction of sp³-hybridized carbons (Fsp3) is 0.900. The predicted molar refractivity (Wildman–Crippen MR) is 68.2 cm³/mol. The molecular formula is C10H23N3O3S. The van der Waals surface area contributed by atoms with Gasteiger partial charge in [0.25, 0.3) is 0 Å². The Bertz CT molecular complexity index is 339. The van der Waals surface area contributed by atoms with E-state index in [-0.39, 0.29) is 18.5 Å². The van der Waals surface area contributed by atoms with Crippen LogP contribution in [0.5, 0.6) is 0 Å². The summed E-state index contributed by atoms with van der Waals surface area (Å²) >= 11 is 0. The van der Waals surface area contributed by atoms with E-state index in [0.29, 0.717) is 6.54 Å². The second-order valence-corrected chi connectivity index (χ2v) is 6.49. The first kappa shape index (κ1) is 16.3. The van der Waals surface area contributed by atoms with E-state index < -0.39 is 10.0 Å². The molecule has 0 spiro atoms. The fourth-order valence-electron chi connectivity index (χ4n) is 1.30. The second kappa shape index (κ2) is 6.93. The molecule has 0 saturated carbocycles. The molecule has 0 atom stereocenters. The molecule has 102 valence electrons. The van der Waals surface area contributed by atoms with Gasteiger partial charge in [0.15, 0.2) is 0 Å². The molecule has 0 aromatic rings. The molecule has 0 aromatic carbocycles. The normalized spacial score (nSPS) is 12.5. The van der Waals surface area contributed by atoms with Crippen molar-refractivity contribution in [3.63, 3.8) is 0 Å². The van der Waals surface area contributed by atoms with Crippen LogP contribution in [0.1, 0.15) is 13.8 Å². The molecule has 7 heteroatoms. The average molecular weight is 265 g/mol. The van der Waals surface area contributed by atoms with Gasteiger partial charge in [0.2, 0.25) is 15.9 Å². The first-order valence-corrected chi connectivity index (χ1v) is 7.37. The standard InChI is InChI=1S/C10H23N3O3S/c1-9(2)13(17(5,15)16)8-10(14)11-6-7-12(3)4/h9H,6-8H2,1-5H3,(H,11,14). The summed E-state index contributed by atoms with van der Waals surface area (Å²) in [6.45, 7) is 4.61. The van der Waals surface area contributed by atoms with Gasteiger partial charge >= 0.3 is 0 Å². The second-order valence-electron chi connectivity index (χ2n) is 4.56. The SMILES string of the molecule is CC(C)N(CC(=O)NCCN(C)C)S(C)(=O)=O. The maximum Gasteiger partial charge on any atom is 0.235 e. The predicted octanol–water partition coefficient (Wildman–Crippen LogP) is -0.666. The van der Waals surface area contributed by atoms with Gasteiger partial charge in [0.1, 0.15) is 0 Å². The smallest absolute Gasteiger partial charge is 0.235 e. The molecule has 1 N–H and O–H groups in total. The molecule has 0 bridgehead atoms. The number of amides is 1. The average Bonchev–Trinajstić information content (AvgIpc) is 2.11. The van der Waals surface area contributed by atoms with E-state index in [9.17, 15) is 13.2 Å². The molecule has 0 saturated heterocycles. The van der Waals surface area contributed by atoms with Crippen molar-refractivity contribution in [3.05, 3.63) is 0 Å². The lowest BCUT2D eigenvalue weighted by Crippen LogP contribution is -2.44. The topological polar surface area (TPSA) is 69.7 Å². The van der Waals surface area contributed by atoms with E-state index in [1.165, 1.54) is 4.31 Å². The lowest BCUT2D eigenvalue weighted by molar-refractivity contribution is -0.121. The van der Waals surface area contributed by atoms with E-state index in [2.05, 4.69) is 5.32 Å². The largest absolute Gasteiger partial charge is 0.354 e. The van der Waals surface area contributed by atoms with Crippen LogP contribution in [0.2, 0.25) is 0 Å². The Labute approximate surface area is 104 Å². The molecule has 0 rings (SSSR count). The summed E-state index contributed by atoms with van der Waals surface area (Å²) in [7, 11) is 0.473. The number of sulfonamides is 1. The van der Waals surface area contributed by atoms with Crippen LogP contribution >= 0.6 is 0 Å². The van der Waals surface area contributed by atoms with Gasteiger partial charge in [-0.3, -0.25) is 4.79 Å². The maximum absolute atomic E-state index is 11.6. The zero-order valence-electron chi connectivity index (χ0n) is 11.2. The minimum atomic E-state index is -3.34. The van der Waals surface area contributed by atoms with Crippen LogP contribution in [0.4, 0.5) is 0 Å². The van der Waals surface area contributed by atoms with Crippen molar-refractivity contribution in [3.8, 4) is 0 Å². The monoisotopic (exact) mass is 265 g/mol. The number of likely N-dealkylation sites (N-methyl/N-ethyl adjacent to an activating group) is 1. The molecule has 0 aliphatic carbocycles. The van der Waals surface area contributed by atoms with Crippen molar-refractivity contribution in [2.75, 3.05) is 40.0 Å². The van der Waals surface area contributed by atoms with E-state index in [1.54, 1.807) is 13.8 Å². The molecule has 0 radical (unpaired) electrons. The third-order valence-corrected chi connectivity index (χ3v) is 3.59. The molecule has 17 heavy (non-hydrogen) atoms. The van der Waals surface area contributed by atoms with Crippen molar-refractivity contribution < 1.29 is 13.2 Å². The third-order valence-electron chi connectivity index (χ3n) is 2.18. The van der Waals surface area contributed by atoms with Crippen LogP contribution in [0.15, 0.2) is 0 Å². The van der Waals surface area contributed by atoms with Crippen molar-refractivity contribution in [2.45, 2.75) is 19.9 Å². The van der Waals surface area contributed by atoms with Gasteiger partial charge in [-0.25, -0.2) is 8.42 Å². The van der Waals surface area contributed by atoms with Crippen LogP contribution < -0.4 is 5.32 Å². The Kier molecular flexibility index (Phi) is 6.66. The highest BCUT2D eigenvalue weighted by Crippen LogP contribution is 2.03. The fourth-order valence-corrected chi connectivity index (χ4v) is 2.42. The van der Waals surface area contributed by atoms with Crippen LogP contribution in [0.3, 0.4) is 0 Å². The summed E-state index contributed by atoms with van der Waals surface area (Å²) in [5.74, 6) is -0.272. The zero-order valence-corrected chi connectivity index (χ0v) is 12.0. The number of hydrogen-bond donors (Lipinski definition) is 1. The summed E-state index contributed by atoms with van der Waals surface area (Å²) < 4.78 is 24.0. The van der Waals surface area contributed by atoms with Gasteiger partial charge in [-0.05, 0) is 27.9 Å². The lowest BCUT2D eigenvalue weighted by Gasteiger charge is -2.23. The van der Waals surface area contributed by atoms with Crippen molar-refractivity contribution in [1.29, 1.82) is 0 Å². The van der Waals surface area contributed by atoms with Crippen LogP contribution in [-0.4, -0.2) is 69.6 Å². The van der Waals surface area contributed by atoms with Gasteiger partial charge in [0.05, 0.1) is 12.8 Å². The highest BCUT2D eigenvalue weighted by molar-refractivity contribution is 7.88. The third kappa shape index (κ3) is 7.30. The van der Waals surface area contributed by atoms with Gasteiger partial charge in [0, 0.05) is 19.1 Å². The Morgan fingerprint density at radius 2 is 1.82 bits per heavy atom. The summed E-state index contributed by atoms with van der Waals surface area (Å²) in [5.41, 5.74) is 0. The Hall–Kier alpha value is -0.660. The highest BCUT2D eigenvalue weighted by atomic mass is 32.2. The number of carbonyl (C=O) groups is 1. The molecule has 0 heterocycles. The molecular weight excluding hydrogens is 242 g/mol.